The Morgan fingerprint density at radius 3 is 1.94 bits per heavy atom. The molecule has 7 nitrogen and oxygen atoms in total. The molecule has 0 radical (unpaired) electrons. The summed E-state index contributed by atoms with van der Waals surface area (Å²) in [6, 6.07) is 0. The molecule has 0 aliphatic carbocycles. The minimum absolute atomic E-state index is 0.394. The summed E-state index contributed by atoms with van der Waals surface area (Å²) < 4.78 is 3.30. The van der Waals surface area contributed by atoms with Crippen LogP contribution in [0.25, 0.3) is 11.2 Å². The first-order valence-electron chi connectivity index (χ1n) is 13.0. The van der Waals surface area contributed by atoms with E-state index in [1.807, 2.05) is 4.57 Å². The van der Waals surface area contributed by atoms with E-state index in [4.69, 9.17) is 0 Å². The molecule has 1 atom stereocenters. The number of nitrogens with one attached hydrogen (secondary N) is 1. The predicted molar refractivity (Wildman–Crippen MR) is 138 cm³/mol. The lowest BCUT2D eigenvalue weighted by Crippen LogP contribution is -2.29. The molecule has 8 heteroatoms. The maximum atomic E-state index is 12.5. The van der Waals surface area contributed by atoms with Crippen molar-refractivity contribution in [2.75, 3.05) is 5.75 Å². The molecule has 33 heavy (non-hydrogen) atoms. The first-order valence-corrected chi connectivity index (χ1v) is 13.9. The molecule has 0 spiro atoms. The molecule has 2 aromatic heterocycles. The highest BCUT2D eigenvalue weighted by Crippen LogP contribution is 2.23. The Morgan fingerprint density at radius 1 is 0.909 bits per heavy atom. The topological polar surface area (TPSA) is 92.9 Å². The van der Waals surface area contributed by atoms with Crippen LogP contribution in [-0.4, -0.2) is 36.1 Å². The van der Waals surface area contributed by atoms with Gasteiger partial charge in [0.2, 0.25) is 0 Å². The van der Waals surface area contributed by atoms with Crippen LogP contribution in [0.1, 0.15) is 104 Å². The van der Waals surface area contributed by atoms with E-state index < -0.39 is 17.4 Å². The lowest BCUT2D eigenvalue weighted by molar-refractivity contribution is 0.220. The van der Waals surface area contributed by atoms with Crippen LogP contribution in [0, 0.1) is 0 Å². The molecule has 2 aromatic rings. The van der Waals surface area contributed by atoms with Crippen LogP contribution in [0.4, 0.5) is 0 Å². The second-order valence-corrected chi connectivity index (χ2v) is 10.3. The van der Waals surface area contributed by atoms with Crippen molar-refractivity contribution in [1.29, 1.82) is 0 Å². The number of hydrogen-bond acceptors (Lipinski definition) is 5. The Hall–Kier alpha value is -1.54. The van der Waals surface area contributed by atoms with Crippen molar-refractivity contribution in [3.63, 3.8) is 0 Å². The maximum Gasteiger partial charge on any atom is 0.329 e. The normalized spacial score (nSPS) is 12.6. The third kappa shape index (κ3) is 9.32. The van der Waals surface area contributed by atoms with Gasteiger partial charge in [-0.3, -0.25) is 14.3 Å². The second-order valence-electron chi connectivity index (χ2n) is 9.29. The highest BCUT2D eigenvalue weighted by molar-refractivity contribution is 7.99. The Kier molecular flexibility index (Phi) is 12.9. The van der Waals surface area contributed by atoms with Gasteiger partial charge in [-0.1, -0.05) is 102 Å². The molecule has 2 N–H and O–H groups in total. The number of aliphatic hydroxyl groups excluding tert-OH is 1. The third-order valence-electron chi connectivity index (χ3n) is 6.16. The molecule has 0 saturated carbocycles. The van der Waals surface area contributed by atoms with Crippen LogP contribution in [-0.2, 0) is 13.6 Å². The number of aromatic amines is 1. The maximum absolute atomic E-state index is 12.5. The van der Waals surface area contributed by atoms with Crippen molar-refractivity contribution in [1.82, 2.24) is 19.1 Å². The molecule has 0 aliphatic heterocycles. The van der Waals surface area contributed by atoms with E-state index in [0.717, 1.165) is 12.8 Å². The Bertz CT molecular complexity index is 932. The van der Waals surface area contributed by atoms with E-state index in [1.54, 1.807) is 14.0 Å². The third-order valence-corrected chi connectivity index (χ3v) is 7.38. The van der Waals surface area contributed by atoms with Gasteiger partial charge in [0, 0.05) is 19.3 Å². The number of hydrogen-bond donors (Lipinski definition) is 2. The fraction of sp³-hybridized carbons (Fsp3) is 0.800. The fourth-order valence-corrected chi connectivity index (χ4v) is 5.07. The fourth-order valence-electron chi connectivity index (χ4n) is 4.19. The van der Waals surface area contributed by atoms with E-state index in [2.05, 4.69) is 16.9 Å². The van der Waals surface area contributed by atoms with Crippen molar-refractivity contribution >= 4 is 22.9 Å². The van der Waals surface area contributed by atoms with Crippen molar-refractivity contribution in [3.8, 4) is 0 Å². The summed E-state index contributed by atoms with van der Waals surface area (Å²) in [5.41, 5.74) is -0.00215. The molecular weight excluding hydrogens is 436 g/mol. The zero-order valence-corrected chi connectivity index (χ0v) is 21.7. The average molecular weight is 481 g/mol. The number of aryl methyl sites for hydroxylation is 2. The number of nitrogens with zero attached hydrogens (tertiary/aromatic N) is 3. The highest BCUT2D eigenvalue weighted by atomic mass is 32.2. The number of unbranched alkanes of at least 4 members (excludes halogenated alkanes) is 13. The van der Waals surface area contributed by atoms with Crippen molar-refractivity contribution in [2.45, 2.75) is 122 Å². The van der Waals surface area contributed by atoms with Crippen molar-refractivity contribution in [2.24, 2.45) is 7.05 Å². The second kappa shape index (κ2) is 15.4. The SMILES string of the molecule is CCCCCCCCCCCCCCCCn1c(SC[C@@H](C)O)nc2c1c(=O)[nH]c(=O)n2C. The van der Waals surface area contributed by atoms with E-state index in [9.17, 15) is 14.7 Å². The summed E-state index contributed by atoms with van der Waals surface area (Å²) in [7, 11) is 1.62. The smallest absolute Gasteiger partial charge is 0.329 e. The van der Waals surface area contributed by atoms with Crippen LogP contribution in [0.2, 0.25) is 0 Å². The molecule has 0 unspecified atom stereocenters. The Balaban J connectivity index is 1.74. The summed E-state index contributed by atoms with van der Waals surface area (Å²) in [6.07, 6.45) is 17.8. The van der Waals surface area contributed by atoms with Crippen molar-refractivity contribution in [3.05, 3.63) is 20.8 Å². The predicted octanol–water partition coefficient (Wildman–Crippen LogP) is 5.38. The van der Waals surface area contributed by atoms with E-state index in [-0.39, 0.29) is 0 Å². The molecule has 0 saturated heterocycles. The van der Waals surface area contributed by atoms with Gasteiger partial charge in [-0.25, -0.2) is 9.78 Å². The van der Waals surface area contributed by atoms with Crippen LogP contribution in [0.5, 0.6) is 0 Å². The standard InChI is InChI=1S/C25H44N4O3S/c1-4-5-6-7-8-9-10-11-12-13-14-15-16-17-18-29-21-22(26-25(29)33-19-20(2)30)28(3)24(32)27-23(21)31/h20,30H,4-19H2,1-3H3,(H,27,31,32)/t20-/m1/s1. The number of H-pyrrole nitrogens is 1. The molecule has 2 rings (SSSR count). The van der Waals surface area contributed by atoms with Crippen LogP contribution in [0.3, 0.4) is 0 Å². The van der Waals surface area contributed by atoms with Gasteiger partial charge in [0.15, 0.2) is 16.3 Å². The van der Waals surface area contributed by atoms with Gasteiger partial charge >= 0.3 is 5.69 Å². The van der Waals surface area contributed by atoms with Gasteiger partial charge in [0.25, 0.3) is 5.56 Å². The number of imidazole rings is 1. The number of rotatable bonds is 18. The van der Waals surface area contributed by atoms with E-state index in [1.165, 1.54) is 93.4 Å². The average Bonchev–Trinajstić information content (AvgIpc) is 3.15. The minimum Gasteiger partial charge on any atom is -0.393 e. The first-order chi connectivity index (χ1) is 16.0. The molecule has 0 bridgehead atoms. The first kappa shape index (κ1) is 27.7. The number of fused-ring (bicyclic) bond motifs is 1. The summed E-state index contributed by atoms with van der Waals surface area (Å²) >= 11 is 1.42. The molecule has 188 valence electrons. The molecule has 0 aliphatic rings. The molecular formula is C25H44N4O3S. The highest BCUT2D eigenvalue weighted by Gasteiger charge is 2.17. The lowest BCUT2D eigenvalue weighted by atomic mass is 10.0. The van der Waals surface area contributed by atoms with Crippen LogP contribution in [0.15, 0.2) is 14.7 Å². The summed E-state index contributed by atoms with van der Waals surface area (Å²) in [4.78, 5) is 31.4. The van der Waals surface area contributed by atoms with Gasteiger partial charge in [-0.2, -0.15) is 0 Å². The molecule has 0 fully saturated rings. The quantitative estimate of drug-likeness (QED) is 0.221. The van der Waals surface area contributed by atoms with Gasteiger partial charge in [0.1, 0.15) is 0 Å². The monoisotopic (exact) mass is 480 g/mol. The lowest BCUT2D eigenvalue weighted by Gasteiger charge is -2.09. The van der Waals surface area contributed by atoms with Crippen molar-refractivity contribution < 1.29 is 5.11 Å². The largest absolute Gasteiger partial charge is 0.393 e. The Morgan fingerprint density at radius 2 is 1.42 bits per heavy atom. The minimum atomic E-state index is -0.466. The van der Waals surface area contributed by atoms with E-state index in [0.29, 0.717) is 28.6 Å². The van der Waals surface area contributed by atoms with E-state index >= 15 is 0 Å². The molecule has 0 aromatic carbocycles. The Labute approximate surface area is 202 Å². The summed E-state index contributed by atoms with van der Waals surface area (Å²) in [5, 5.41) is 10.3. The van der Waals surface area contributed by atoms with Gasteiger partial charge in [-0.15, -0.1) is 0 Å². The molecule has 0 amide bonds. The van der Waals surface area contributed by atoms with Gasteiger partial charge in [0.05, 0.1) is 6.10 Å². The van der Waals surface area contributed by atoms with Gasteiger partial charge in [-0.05, 0) is 13.3 Å². The zero-order chi connectivity index (χ0) is 24.1. The number of aliphatic hydroxyl groups is 1. The number of thioether (sulfide) groups is 1. The van der Waals surface area contributed by atoms with Gasteiger partial charge < -0.3 is 9.67 Å². The summed E-state index contributed by atoms with van der Waals surface area (Å²) in [6.45, 7) is 4.69. The van der Waals surface area contributed by atoms with Crippen LogP contribution < -0.4 is 11.2 Å². The zero-order valence-electron chi connectivity index (χ0n) is 20.9. The van der Waals surface area contributed by atoms with Crippen LogP contribution >= 0.6 is 11.8 Å². The molecule has 2 heterocycles. The number of aromatic nitrogens is 4. The summed E-state index contributed by atoms with van der Waals surface area (Å²) in [5.74, 6) is 0.494.